The molecule has 1 aromatic heterocycles. The zero-order chi connectivity index (χ0) is 10.6. The lowest BCUT2D eigenvalue weighted by atomic mass is 10.2. The summed E-state index contributed by atoms with van der Waals surface area (Å²) in [6, 6.07) is 0.0311. The molecule has 1 amide bonds. The number of aryl methyl sites for hydroxylation is 1. The monoisotopic (exact) mass is 198 g/mol. The third kappa shape index (κ3) is 3.14. The van der Waals surface area contributed by atoms with Crippen molar-refractivity contribution in [2.24, 2.45) is 5.73 Å². The standard InChI is InChI=1S/C8H14N4O2/c1-5(3-8(9)13)10-4-7-6(2)11-14-12-7/h5,10H,3-4H2,1-2H3,(H2,9,13). The van der Waals surface area contributed by atoms with Crippen molar-refractivity contribution in [2.75, 3.05) is 0 Å². The first-order chi connectivity index (χ1) is 6.59. The summed E-state index contributed by atoms with van der Waals surface area (Å²) >= 11 is 0. The van der Waals surface area contributed by atoms with Crippen LogP contribution in [0.5, 0.6) is 0 Å². The van der Waals surface area contributed by atoms with Gasteiger partial charge >= 0.3 is 0 Å². The number of amides is 1. The van der Waals surface area contributed by atoms with Crippen LogP contribution in [0.1, 0.15) is 24.7 Å². The Kier molecular flexibility index (Phi) is 3.58. The Morgan fingerprint density at radius 3 is 2.86 bits per heavy atom. The van der Waals surface area contributed by atoms with Gasteiger partial charge in [-0.2, -0.15) is 0 Å². The van der Waals surface area contributed by atoms with Gasteiger partial charge in [-0.05, 0) is 13.8 Å². The van der Waals surface area contributed by atoms with Crippen LogP contribution in [0.3, 0.4) is 0 Å². The molecule has 3 N–H and O–H groups in total. The average molecular weight is 198 g/mol. The number of primary amides is 1. The lowest BCUT2D eigenvalue weighted by molar-refractivity contribution is -0.118. The molecule has 0 saturated carbocycles. The van der Waals surface area contributed by atoms with Crippen molar-refractivity contribution in [1.29, 1.82) is 0 Å². The molecule has 0 spiro atoms. The number of rotatable bonds is 5. The van der Waals surface area contributed by atoms with Gasteiger partial charge in [-0.3, -0.25) is 4.79 Å². The summed E-state index contributed by atoms with van der Waals surface area (Å²) in [5.74, 6) is -0.319. The number of nitrogens with two attached hydrogens (primary N) is 1. The molecule has 0 radical (unpaired) electrons. The number of carbonyl (C=O) groups is 1. The number of nitrogens with zero attached hydrogens (tertiary/aromatic N) is 2. The smallest absolute Gasteiger partial charge is 0.218 e. The summed E-state index contributed by atoms with van der Waals surface area (Å²) in [5, 5.41) is 10.4. The molecule has 0 aliphatic carbocycles. The summed E-state index contributed by atoms with van der Waals surface area (Å²) in [4.78, 5) is 10.6. The molecule has 1 heterocycles. The molecule has 6 heteroatoms. The third-order valence-corrected chi connectivity index (χ3v) is 1.87. The Balaban J connectivity index is 2.34. The average Bonchev–Trinajstić information content (AvgIpc) is 2.46. The van der Waals surface area contributed by atoms with Crippen molar-refractivity contribution in [3.63, 3.8) is 0 Å². The summed E-state index contributed by atoms with van der Waals surface area (Å²) in [6.07, 6.45) is 0.310. The lowest BCUT2D eigenvalue weighted by Gasteiger charge is -2.09. The Labute approximate surface area is 81.8 Å². The van der Waals surface area contributed by atoms with Gasteiger partial charge in [0.05, 0.1) is 0 Å². The predicted molar refractivity (Wildman–Crippen MR) is 49.1 cm³/mol. The molecule has 1 rings (SSSR count). The van der Waals surface area contributed by atoms with Crippen LogP contribution in [-0.2, 0) is 11.3 Å². The van der Waals surface area contributed by atoms with Crippen LogP contribution < -0.4 is 11.1 Å². The molecule has 0 aromatic carbocycles. The maximum Gasteiger partial charge on any atom is 0.218 e. The predicted octanol–water partition coefficient (Wildman–Crippen LogP) is -0.268. The van der Waals surface area contributed by atoms with E-state index in [-0.39, 0.29) is 11.9 Å². The van der Waals surface area contributed by atoms with Gasteiger partial charge in [0.2, 0.25) is 5.91 Å². The molecule has 0 fully saturated rings. The minimum atomic E-state index is -0.319. The van der Waals surface area contributed by atoms with Crippen molar-refractivity contribution < 1.29 is 9.42 Å². The van der Waals surface area contributed by atoms with Crippen LogP contribution >= 0.6 is 0 Å². The lowest BCUT2D eigenvalue weighted by Crippen LogP contribution is -2.30. The van der Waals surface area contributed by atoms with Crippen LogP contribution in [0.2, 0.25) is 0 Å². The molecule has 1 unspecified atom stereocenters. The SMILES string of the molecule is Cc1nonc1CNC(C)CC(N)=O. The zero-order valence-corrected chi connectivity index (χ0v) is 8.28. The number of hydrogen-bond donors (Lipinski definition) is 2. The van der Waals surface area contributed by atoms with Crippen molar-refractivity contribution in [3.8, 4) is 0 Å². The van der Waals surface area contributed by atoms with Gasteiger partial charge in [0.15, 0.2) is 0 Å². The van der Waals surface area contributed by atoms with Crippen molar-refractivity contribution >= 4 is 5.91 Å². The molecular formula is C8H14N4O2. The van der Waals surface area contributed by atoms with Gasteiger partial charge in [0.25, 0.3) is 0 Å². The van der Waals surface area contributed by atoms with Crippen molar-refractivity contribution in [2.45, 2.75) is 32.9 Å². The second-order valence-electron chi connectivity index (χ2n) is 3.25. The molecule has 1 aromatic rings. The molecular weight excluding hydrogens is 184 g/mol. The third-order valence-electron chi connectivity index (χ3n) is 1.87. The summed E-state index contributed by atoms with van der Waals surface area (Å²) in [7, 11) is 0. The number of nitrogens with one attached hydrogen (secondary N) is 1. The number of carbonyl (C=O) groups excluding carboxylic acids is 1. The second-order valence-corrected chi connectivity index (χ2v) is 3.25. The second kappa shape index (κ2) is 4.71. The van der Waals surface area contributed by atoms with E-state index in [1.54, 1.807) is 0 Å². The molecule has 0 aliphatic heterocycles. The van der Waals surface area contributed by atoms with Gasteiger partial charge < -0.3 is 11.1 Å². The largest absolute Gasteiger partial charge is 0.370 e. The molecule has 78 valence electrons. The molecule has 0 bridgehead atoms. The van der Waals surface area contributed by atoms with Crippen LogP contribution in [0.4, 0.5) is 0 Å². The van der Waals surface area contributed by atoms with Gasteiger partial charge in [-0.15, -0.1) is 0 Å². The highest BCUT2D eigenvalue weighted by molar-refractivity contribution is 5.74. The zero-order valence-electron chi connectivity index (χ0n) is 8.28. The molecule has 6 nitrogen and oxygen atoms in total. The van der Waals surface area contributed by atoms with Gasteiger partial charge in [0, 0.05) is 19.0 Å². The first-order valence-electron chi connectivity index (χ1n) is 4.39. The van der Waals surface area contributed by atoms with Crippen molar-refractivity contribution in [3.05, 3.63) is 11.4 Å². The fourth-order valence-corrected chi connectivity index (χ4v) is 1.05. The summed E-state index contributed by atoms with van der Waals surface area (Å²) in [6.45, 7) is 4.23. The van der Waals surface area contributed by atoms with E-state index in [0.29, 0.717) is 13.0 Å². The van der Waals surface area contributed by atoms with E-state index in [1.807, 2.05) is 13.8 Å². The van der Waals surface area contributed by atoms with Gasteiger partial charge in [-0.25, -0.2) is 4.63 Å². The highest BCUT2D eigenvalue weighted by atomic mass is 16.6. The van der Waals surface area contributed by atoms with E-state index in [1.165, 1.54) is 0 Å². The van der Waals surface area contributed by atoms with Gasteiger partial charge in [0.1, 0.15) is 11.4 Å². The maximum atomic E-state index is 10.6. The Bertz CT molecular complexity index is 310. The molecule has 0 aliphatic rings. The quantitative estimate of drug-likeness (QED) is 0.679. The normalized spacial score (nSPS) is 12.7. The Morgan fingerprint density at radius 2 is 2.36 bits per heavy atom. The fourth-order valence-electron chi connectivity index (χ4n) is 1.05. The van der Waals surface area contributed by atoms with E-state index in [4.69, 9.17) is 5.73 Å². The number of aromatic nitrogens is 2. The minimum absolute atomic E-state index is 0.0311. The van der Waals surface area contributed by atoms with E-state index in [2.05, 4.69) is 20.3 Å². The Hall–Kier alpha value is -1.43. The minimum Gasteiger partial charge on any atom is -0.370 e. The van der Waals surface area contributed by atoms with E-state index < -0.39 is 0 Å². The van der Waals surface area contributed by atoms with Crippen molar-refractivity contribution in [1.82, 2.24) is 15.6 Å². The van der Waals surface area contributed by atoms with Crippen LogP contribution in [0.15, 0.2) is 4.63 Å². The van der Waals surface area contributed by atoms with E-state index >= 15 is 0 Å². The highest BCUT2D eigenvalue weighted by Crippen LogP contribution is 2.00. The Morgan fingerprint density at radius 1 is 1.64 bits per heavy atom. The molecule has 1 atom stereocenters. The number of hydrogen-bond acceptors (Lipinski definition) is 5. The summed E-state index contributed by atoms with van der Waals surface area (Å²) in [5.41, 5.74) is 6.55. The maximum absolute atomic E-state index is 10.6. The highest BCUT2D eigenvalue weighted by Gasteiger charge is 2.08. The van der Waals surface area contributed by atoms with E-state index in [0.717, 1.165) is 11.4 Å². The van der Waals surface area contributed by atoms with Gasteiger partial charge in [-0.1, -0.05) is 10.3 Å². The first-order valence-corrected chi connectivity index (χ1v) is 4.39. The topological polar surface area (TPSA) is 94.0 Å². The van der Waals surface area contributed by atoms with Crippen LogP contribution in [0, 0.1) is 6.92 Å². The molecule has 14 heavy (non-hydrogen) atoms. The first kappa shape index (κ1) is 10.6. The van der Waals surface area contributed by atoms with Crippen LogP contribution in [0.25, 0.3) is 0 Å². The van der Waals surface area contributed by atoms with E-state index in [9.17, 15) is 4.79 Å². The molecule has 0 saturated heterocycles. The van der Waals surface area contributed by atoms with Crippen LogP contribution in [-0.4, -0.2) is 22.3 Å². The summed E-state index contributed by atoms with van der Waals surface area (Å²) < 4.78 is 4.53. The fraction of sp³-hybridized carbons (Fsp3) is 0.625.